The summed E-state index contributed by atoms with van der Waals surface area (Å²) in [6.45, 7) is 5.35. The number of hydrogen-bond donors (Lipinski definition) is 2. The van der Waals surface area contributed by atoms with Crippen molar-refractivity contribution in [2.45, 2.75) is 13.8 Å². The summed E-state index contributed by atoms with van der Waals surface area (Å²) < 4.78 is 5.30. The monoisotopic (exact) mass is 379 g/mol. The fraction of sp³-hybridized carbons (Fsp3) is 0.533. The van der Waals surface area contributed by atoms with Crippen LogP contribution in [0.3, 0.4) is 0 Å². The standard InChI is InChI=1S/C12H18O3S2.C3H7NOS/c1-3-5-11(13)16-9-7-15-8-10-17-12(14)6-4-2;5-3-4-1-2-6/h3-6H,7-10H2,1-2H3;3,6H,1-2H2,(H,4,5)/b5-3+,6-4+;. The molecule has 1 amide bonds. The number of allylic oxidation sites excluding steroid dienone is 2. The Morgan fingerprint density at radius 3 is 1.83 bits per heavy atom. The molecule has 5 nitrogen and oxygen atoms in total. The number of hydrogen-bond acceptors (Lipinski definition) is 7. The van der Waals surface area contributed by atoms with Crippen LogP contribution in [0.25, 0.3) is 0 Å². The second kappa shape index (κ2) is 21.3. The Bertz CT molecular complexity index is 346. The zero-order valence-corrected chi connectivity index (χ0v) is 16.1. The molecular weight excluding hydrogens is 354 g/mol. The Kier molecular flexibility index (Phi) is 22.7. The van der Waals surface area contributed by atoms with Gasteiger partial charge in [0.15, 0.2) is 0 Å². The quantitative estimate of drug-likeness (QED) is 0.248. The van der Waals surface area contributed by atoms with E-state index >= 15 is 0 Å². The van der Waals surface area contributed by atoms with E-state index in [4.69, 9.17) is 4.74 Å². The minimum Gasteiger partial charge on any atom is -0.380 e. The van der Waals surface area contributed by atoms with Crippen molar-refractivity contribution >= 4 is 52.8 Å². The lowest BCUT2D eigenvalue weighted by Crippen LogP contribution is -2.12. The van der Waals surface area contributed by atoms with Gasteiger partial charge in [0.1, 0.15) is 0 Å². The van der Waals surface area contributed by atoms with Crippen molar-refractivity contribution in [1.29, 1.82) is 0 Å². The van der Waals surface area contributed by atoms with Gasteiger partial charge in [-0.05, 0) is 26.0 Å². The van der Waals surface area contributed by atoms with Gasteiger partial charge < -0.3 is 10.1 Å². The molecule has 0 spiro atoms. The van der Waals surface area contributed by atoms with Crippen LogP contribution in [-0.2, 0) is 19.1 Å². The average molecular weight is 380 g/mol. The van der Waals surface area contributed by atoms with E-state index in [-0.39, 0.29) is 10.2 Å². The molecule has 0 atom stereocenters. The summed E-state index contributed by atoms with van der Waals surface area (Å²) in [5, 5.41) is 2.54. The zero-order valence-electron chi connectivity index (χ0n) is 13.5. The molecule has 0 saturated heterocycles. The van der Waals surface area contributed by atoms with Crippen molar-refractivity contribution in [3.05, 3.63) is 24.3 Å². The molecule has 0 unspecified atom stereocenters. The molecule has 0 aromatic carbocycles. The molecule has 0 heterocycles. The molecule has 0 aliphatic rings. The normalized spacial score (nSPS) is 10.4. The lowest BCUT2D eigenvalue weighted by atomic mass is 10.6. The van der Waals surface area contributed by atoms with Crippen LogP contribution in [0.5, 0.6) is 0 Å². The number of carbonyl (C=O) groups excluding carboxylic acids is 3. The van der Waals surface area contributed by atoms with Gasteiger partial charge in [-0.15, -0.1) is 0 Å². The highest BCUT2D eigenvalue weighted by Crippen LogP contribution is 2.05. The summed E-state index contributed by atoms with van der Waals surface area (Å²) in [4.78, 5) is 31.5. The number of nitrogens with one attached hydrogen (secondary N) is 1. The zero-order chi connectivity index (χ0) is 17.8. The Balaban J connectivity index is 0. The lowest BCUT2D eigenvalue weighted by Gasteiger charge is -2.01. The average Bonchev–Trinajstić information content (AvgIpc) is 2.53. The van der Waals surface area contributed by atoms with E-state index in [0.717, 1.165) is 0 Å². The summed E-state index contributed by atoms with van der Waals surface area (Å²) in [5.41, 5.74) is 0. The Morgan fingerprint density at radius 1 is 1.04 bits per heavy atom. The third-order valence-electron chi connectivity index (χ3n) is 1.89. The van der Waals surface area contributed by atoms with Gasteiger partial charge in [0.05, 0.1) is 13.2 Å². The summed E-state index contributed by atoms with van der Waals surface area (Å²) in [6, 6.07) is 0. The summed E-state index contributed by atoms with van der Waals surface area (Å²) in [5.74, 6) is 2.01. The summed E-state index contributed by atoms with van der Waals surface area (Å²) in [7, 11) is 0. The maximum Gasteiger partial charge on any atom is 0.211 e. The van der Waals surface area contributed by atoms with Crippen LogP contribution in [0.15, 0.2) is 24.3 Å². The van der Waals surface area contributed by atoms with E-state index in [9.17, 15) is 14.4 Å². The SMILES string of the molecule is C/C=C/C(=O)SCCOCCSC(=O)/C=C/C.O=CNCCS. The molecule has 0 aliphatic carbocycles. The van der Waals surface area contributed by atoms with Crippen molar-refractivity contribution in [1.82, 2.24) is 5.32 Å². The second-order valence-electron chi connectivity index (χ2n) is 3.74. The van der Waals surface area contributed by atoms with Crippen LogP contribution in [0.4, 0.5) is 0 Å². The van der Waals surface area contributed by atoms with Gasteiger partial charge in [-0.1, -0.05) is 35.7 Å². The Hall–Kier alpha value is -0.700. The van der Waals surface area contributed by atoms with E-state index in [1.165, 1.54) is 35.7 Å². The number of ether oxygens (including phenoxy) is 1. The minimum absolute atomic E-state index is 0.0498. The predicted octanol–water partition coefficient (Wildman–Crippen LogP) is 2.34. The highest BCUT2D eigenvalue weighted by atomic mass is 32.2. The fourth-order valence-corrected chi connectivity index (χ4v) is 2.39. The first kappa shape index (κ1) is 24.6. The third-order valence-corrected chi connectivity index (χ3v) is 3.70. The van der Waals surface area contributed by atoms with Gasteiger partial charge >= 0.3 is 0 Å². The van der Waals surface area contributed by atoms with Gasteiger partial charge in [-0.25, -0.2) is 0 Å². The molecule has 0 aromatic rings. The summed E-state index contributed by atoms with van der Waals surface area (Å²) in [6.07, 6.45) is 7.18. The molecule has 132 valence electrons. The van der Waals surface area contributed by atoms with E-state index < -0.39 is 0 Å². The second-order valence-corrected chi connectivity index (χ2v) is 6.39. The van der Waals surface area contributed by atoms with E-state index in [0.29, 0.717) is 43.4 Å². The van der Waals surface area contributed by atoms with E-state index in [2.05, 4.69) is 17.9 Å². The first-order valence-corrected chi connectivity index (χ1v) is 9.67. The van der Waals surface area contributed by atoms with Crippen LogP contribution in [0.1, 0.15) is 13.8 Å². The molecule has 0 aliphatic heterocycles. The van der Waals surface area contributed by atoms with Crippen molar-refractivity contribution < 1.29 is 19.1 Å². The van der Waals surface area contributed by atoms with Gasteiger partial charge in [-0.2, -0.15) is 12.6 Å². The molecule has 0 radical (unpaired) electrons. The predicted molar refractivity (Wildman–Crippen MR) is 103 cm³/mol. The summed E-state index contributed by atoms with van der Waals surface area (Å²) >= 11 is 6.31. The highest BCUT2D eigenvalue weighted by molar-refractivity contribution is 8.14. The van der Waals surface area contributed by atoms with Crippen molar-refractivity contribution in [3.8, 4) is 0 Å². The minimum atomic E-state index is 0.0498. The largest absolute Gasteiger partial charge is 0.380 e. The lowest BCUT2D eigenvalue weighted by molar-refractivity contribution is -0.109. The topological polar surface area (TPSA) is 72.5 Å². The van der Waals surface area contributed by atoms with Crippen molar-refractivity contribution in [2.75, 3.05) is 37.0 Å². The van der Waals surface area contributed by atoms with Crippen LogP contribution in [-0.4, -0.2) is 53.7 Å². The fourth-order valence-electron chi connectivity index (χ4n) is 0.996. The molecular formula is C15H25NO4S3. The first-order chi connectivity index (χ1) is 11.1. The number of thioether (sulfide) groups is 2. The first-order valence-electron chi connectivity index (χ1n) is 7.06. The Morgan fingerprint density at radius 2 is 1.52 bits per heavy atom. The van der Waals surface area contributed by atoms with Crippen molar-refractivity contribution in [2.24, 2.45) is 0 Å². The molecule has 1 N–H and O–H groups in total. The van der Waals surface area contributed by atoms with Gasteiger partial charge in [0.25, 0.3) is 0 Å². The van der Waals surface area contributed by atoms with Crippen molar-refractivity contribution in [3.63, 3.8) is 0 Å². The smallest absolute Gasteiger partial charge is 0.211 e. The van der Waals surface area contributed by atoms with Crippen LogP contribution >= 0.6 is 36.2 Å². The molecule has 23 heavy (non-hydrogen) atoms. The molecule has 0 fully saturated rings. The third kappa shape index (κ3) is 23.7. The van der Waals surface area contributed by atoms with Crippen LogP contribution in [0, 0.1) is 0 Å². The van der Waals surface area contributed by atoms with Gasteiger partial charge in [0, 0.05) is 23.8 Å². The highest BCUT2D eigenvalue weighted by Gasteiger charge is 1.98. The van der Waals surface area contributed by atoms with E-state index in [1.54, 1.807) is 12.2 Å². The van der Waals surface area contributed by atoms with Gasteiger partial charge in [-0.3, -0.25) is 14.4 Å². The number of thiol groups is 1. The molecule has 0 bridgehead atoms. The number of rotatable bonds is 11. The molecule has 0 rings (SSSR count). The number of amides is 1. The molecule has 8 heteroatoms. The maximum absolute atomic E-state index is 11.1. The molecule has 0 aromatic heterocycles. The van der Waals surface area contributed by atoms with Gasteiger partial charge in [0.2, 0.25) is 16.6 Å². The maximum atomic E-state index is 11.1. The Labute approximate surface area is 152 Å². The van der Waals surface area contributed by atoms with Crippen LogP contribution in [0.2, 0.25) is 0 Å². The number of carbonyl (C=O) groups is 3. The van der Waals surface area contributed by atoms with E-state index in [1.807, 2.05) is 13.8 Å². The molecule has 0 saturated carbocycles. The van der Waals surface area contributed by atoms with Crippen LogP contribution < -0.4 is 5.32 Å².